The fraction of sp³-hybridized carbons (Fsp3) is 0.417. The summed E-state index contributed by atoms with van der Waals surface area (Å²) in [7, 11) is -1.38. The molecule has 0 amide bonds. The molecule has 0 aromatic heterocycles. The van der Waals surface area contributed by atoms with E-state index >= 15 is 0 Å². The Hall–Kier alpha value is -1.25. The average Bonchev–Trinajstić information content (AvgIpc) is 3.23. The molecule has 2 aromatic rings. The van der Waals surface area contributed by atoms with Crippen molar-refractivity contribution in [3.63, 3.8) is 0 Å². The minimum absolute atomic E-state index is 0.132. The molecule has 136 valence electrons. The highest BCUT2D eigenvalue weighted by atomic mass is 32.2. The molecule has 2 aliphatic carbocycles. The van der Waals surface area contributed by atoms with Gasteiger partial charge in [0.1, 0.15) is 0 Å². The van der Waals surface area contributed by atoms with Crippen LogP contribution in [0.15, 0.2) is 58.6 Å². The molecule has 0 unspecified atom stereocenters. The van der Waals surface area contributed by atoms with Crippen LogP contribution in [0.5, 0.6) is 0 Å². The monoisotopic (exact) mass is 378 g/mol. The first kappa shape index (κ1) is 18.1. The van der Waals surface area contributed by atoms with Gasteiger partial charge >= 0.3 is 0 Å². The quantitative estimate of drug-likeness (QED) is 0.357. The fourth-order valence-corrected chi connectivity index (χ4v) is 9.68. The fourth-order valence-electron chi connectivity index (χ4n) is 4.79. The van der Waals surface area contributed by atoms with Crippen molar-refractivity contribution in [2.75, 3.05) is 5.75 Å². The van der Waals surface area contributed by atoms with Gasteiger partial charge in [-0.15, -0.1) is 11.8 Å². The van der Waals surface area contributed by atoms with Gasteiger partial charge in [0.2, 0.25) is 0 Å². The minimum Gasteiger partial charge on any atom is -0.129 e. The SMILES string of the molecule is CCCCCCSC1=C([Si](C)(C)C)C12c1ccccc1-c1ccccc12. The summed E-state index contributed by atoms with van der Waals surface area (Å²) in [6.07, 6.45) is 5.41. The Morgan fingerprint density at radius 1 is 0.808 bits per heavy atom. The first-order chi connectivity index (χ1) is 12.5. The zero-order valence-electron chi connectivity index (χ0n) is 16.6. The summed E-state index contributed by atoms with van der Waals surface area (Å²) >= 11 is 2.17. The Morgan fingerprint density at radius 2 is 1.38 bits per heavy atom. The van der Waals surface area contributed by atoms with Crippen LogP contribution in [0, 0.1) is 0 Å². The van der Waals surface area contributed by atoms with Crippen molar-refractivity contribution < 1.29 is 0 Å². The van der Waals surface area contributed by atoms with Gasteiger partial charge in [0.15, 0.2) is 0 Å². The number of allylic oxidation sites excluding steroid dienone is 2. The van der Waals surface area contributed by atoms with Crippen LogP contribution in [-0.2, 0) is 5.41 Å². The number of unbranched alkanes of at least 4 members (excludes halogenated alkanes) is 3. The molecule has 0 saturated heterocycles. The lowest BCUT2D eigenvalue weighted by Crippen LogP contribution is -2.27. The lowest BCUT2D eigenvalue weighted by molar-refractivity contribution is 0.707. The third kappa shape index (κ3) is 2.65. The number of hydrogen-bond donors (Lipinski definition) is 0. The van der Waals surface area contributed by atoms with Crippen LogP contribution in [-0.4, -0.2) is 13.8 Å². The summed E-state index contributed by atoms with van der Waals surface area (Å²) in [4.78, 5) is 1.70. The second kappa shape index (κ2) is 6.72. The Labute approximate surface area is 164 Å². The predicted octanol–water partition coefficient (Wildman–Crippen LogP) is 7.41. The molecule has 0 bridgehead atoms. The predicted molar refractivity (Wildman–Crippen MR) is 120 cm³/mol. The Kier molecular flexibility index (Phi) is 4.69. The van der Waals surface area contributed by atoms with Gasteiger partial charge in [0.25, 0.3) is 0 Å². The van der Waals surface area contributed by atoms with E-state index in [-0.39, 0.29) is 5.41 Å². The Morgan fingerprint density at radius 3 is 1.92 bits per heavy atom. The second-order valence-corrected chi connectivity index (χ2v) is 14.8. The summed E-state index contributed by atoms with van der Waals surface area (Å²) in [5.74, 6) is 1.27. The minimum atomic E-state index is -1.38. The molecule has 2 aliphatic rings. The molecule has 0 fully saturated rings. The van der Waals surface area contributed by atoms with Crippen molar-refractivity contribution in [3.8, 4) is 11.1 Å². The van der Waals surface area contributed by atoms with Gasteiger partial charge in [-0.25, -0.2) is 0 Å². The van der Waals surface area contributed by atoms with Crippen LogP contribution in [0.3, 0.4) is 0 Å². The first-order valence-corrected chi connectivity index (χ1v) is 14.6. The number of benzene rings is 2. The van der Waals surface area contributed by atoms with Crippen molar-refractivity contribution in [3.05, 3.63) is 69.8 Å². The maximum atomic E-state index is 2.53. The third-order valence-electron chi connectivity index (χ3n) is 5.83. The molecule has 1 spiro atoms. The first-order valence-electron chi connectivity index (χ1n) is 10.1. The summed E-state index contributed by atoms with van der Waals surface area (Å²) in [6, 6.07) is 18.3. The van der Waals surface area contributed by atoms with Gasteiger partial charge in [-0.2, -0.15) is 0 Å². The molecule has 0 nitrogen and oxygen atoms in total. The summed E-state index contributed by atoms with van der Waals surface area (Å²) in [5, 5.41) is 1.79. The van der Waals surface area contributed by atoms with E-state index < -0.39 is 8.07 Å². The standard InChI is InChI=1S/C24H30SSi/c1-5-6-7-12-17-25-22-23(26(2,3)4)24(22)20-15-10-8-13-18(20)19-14-9-11-16-21(19)24/h8-11,13-16H,5-7,12,17H2,1-4H3. The van der Waals surface area contributed by atoms with Crippen molar-refractivity contribution >= 4 is 19.8 Å². The van der Waals surface area contributed by atoms with Crippen LogP contribution < -0.4 is 0 Å². The maximum Gasteiger partial charge on any atom is 0.0756 e. The van der Waals surface area contributed by atoms with E-state index in [0.717, 1.165) is 0 Å². The van der Waals surface area contributed by atoms with Crippen LogP contribution in [0.25, 0.3) is 11.1 Å². The molecule has 0 radical (unpaired) electrons. The molecule has 0 N–H and O–H groups in total. The highest BCUT2D eigenvalue weighted by Gasteiger charge is 2.63. The number of hydrogen-bond acceptors (Lipinski definition) is 1. The smallest absolute Gasteiger partial charge is 0.0756 e. The van der Waals surface area contributed by atoms with E-state index in [4.69, 9.17) is 0 Å². The molecule has 26 heavy (non-hydrogen) atoms. The average molecular weight is 379 g/mol. The summed E-state index contributed by atoms with van der Waals surface area (Å²) in [6.45, 7) is 9.87. The zero-order valence-corrected chi connectivity index (χ0v) is 18.4. The van der Waals surface area contributed by atoms with Gasteiger partial charge < -0.3 is 0 Å². The van der Waals surface area contributed by atoms with E-state index in [2.05, 4.69) is 86.9 Å². The largest absolute Gasteiger partial charge is 0.129 e. The summed E-state index contributed by atoms with van der Waals surface area (Å²) in [5.41, 5.74) is 6.15. The van der Waals surface area contributed by atoms with Crippen molar-refractivity contribution in [2.45, 2.75) is 57.7 Å². The summed E-state index contributed by atoms with van der Waals surface area (Å²) < 4.78 is 0. The topological polar surface area (TPSA) is 0 Å². The Bertz CT molecular complexity index is 811. The molecule has 0 saturated carbocycles. The molecule has 0 heterocycles. The second-order valence-electron chi connectivity index (χ2n) is 8.70. The van der Waals surface area contributed by atoms with Crippen molar-refractivity contribution in [1.29, 1.82) is 0 Å². The van der Waals surface area contributed by atoms with Crippen molar-refractivity contribution in [1.82, 2.24) is 0 Å². The molecular weight excluding hydrogens is 348 g/mol. The van der Waals surface area contributed by atoms with E-state index in [9.17, 15) is 0 Å². The molecule has 2 aromatic carbocycles. The van der Waals surface area contributed by atoms with Gasteiger partial charge in [-0.1, -0.05) is 99.6 Å². The number of thioether (sulfide) groups is 1. The van der Waals surface area contributed by atoms with Crippen LogP contribution >= 0.6 is 11.8 Å². The number of rotatable bonds is 7. The van der Waals surface area contributed by atoms with Crippen LogP contribution in [0.1, 0.15) is 43.7 Å². The van der Waals surface area contributed by atoms with Crippen LogP contribution in [0.2, 0.25) is 19.6 Å². The third-order valence-corrected chi connectivity index (χ3v) is 9.42. The molecule has 4 rings (SSSR count). The van der Waals surface area contributed by atoms with E-state index in [1.54, 1.807) is 21.2 Å². The van der Waals surface area contributed by atoms with Gasteiger partial charge in [0.05, 0.1) is 13.5 Å². The van der Waals surface area contributed by atoms with Gasteiger partial charge in [-0.3, -0.25) is 0 Å². The van der Waals surface area contributed by atoms with E-state index in [1.165, 1.54) is 42.6 Å². The van der Waals surface area contributed by atoms with Crippen molar-refractivity contribution in [2.24, 2.45) is 0 Å². The lowest BCUT2D eigenvalue weighted by Gasteiger charge is -2.23. The van der Waals surface area contributed by atoms with Crippen LogP contribution in [0.4, 0.5) is 0 Å². The molecule has 0 atom stereocenters. The number of fused-ring (bicyclic) bond motifs is 5. The van der Waals surface area contributed by atoms with Gasteiger partial charge in [0, 0.05) is 4.91 Å². The lowest BCUT2D eigenvalue weighted by atomic mass is 9.91. The normalized spacial score (nSPS) is 16.8. The molecular formula is C24H30SSi. The maximum absolute atomic E-state index is 2.53. The van der Waals surface area contributed by atoms with Gasteiger partial charge in [-0.05, 0) is 34.4 Å². The molecule has 2 heteroatoms. The van der Waals surface area contributed by atoms with E-state index in [1.807, 2.05) is 0 Å². The highest BCUT2D eigenvalue weighted by molar-refractivity contribution is 8.03. The van der Waals surface area contributed by atoms with E-state index in [0.29, 0.717) is 0 Å². The zero-order chi connectivity index (χ0) is 18.4. The Balaban J connectivity index is 1.73. The highest BCUT2D eigenvalue weighted by Crippen LogP contribution is 2.71. The molecule has 0 aliphatic heterocycles.